The van der Waals surface area contributed by atoms with Crippen molar-refractivity contribution in [2.24, 2.45) is 0 Å². The lowest BCUT2D eigenvalue weighted by Gasteiger charge is -2.12. The number of benzene rings is 2. The molecule has 2 aromatic rings. The third-order valence-corrected chi connectivity index (χ3v) is 3.35. The first-order chi connectivity index (χ1) is 12.2. The first kappa shape index (κ1) is 19.5. The Morgan fingerprint density at radius 3 is 2.46 bits per heavy atom. The lowest BCUT2D eigenvalue weighted by atomic mass is 10.1. The summed E-state index contributed by atoms with van der Waals surface area (Å²) in [5.74, 6) is -0.838. The second kappa shape index (κ2) is 8.03. The molecule has 9 heteroatoms. The lowest BCUT2D eigenvalue weighted by molar-refractivity contribution is -0.137. The van der Waals surface area contributed by atoms with Crippen LogP contribution in [0, 0.1) is 0 Å². The molecule has 2 aromatic carbocycles. The molecule has 140 valence electrons. The Morgan fingerprint density at radius 1 is 1.12 bits per heavy atom. The van der Waals surface area contributed by atoms with Crippen LogP contribution in [0.5, 0.6) is 11.5 Å². The molecular weight excluding hydrogens is 361 g/mol. The van der Waals surface area contributed by atoms with Gasteiger partial charge in [0.2, 0.25) is 0 Å². The Hall–Kier alpha value is -2.84. The molecule has 0 radical (unpaired) electrons. The van der Waals surface area contributed by atoms with Gasteiger partial charge >= 0.3 is 12.8 Å². The molecule has 0 saturated carbocycles. The SMILES string of the molecule is COc1cc(CNC(=O)c2cccc(C(F)(F)F)c2)ccc1OC(F)F. The quantitative estimate of drug-likeness (QED) is 0.768. The fourth-order valence-corrected chi connectivity index (χ4v) is 2.14. The van der Waals surface area contributed by atoms with Gasteiger partial charge in [-0.15, -0.1) is 0 Å². The molecule has 2 rings (SSSR count). The van der Waals surface area contributed by atoms with E-state index < -0.39 is 24.3 Å². The molecule has 0 aliphatic carbocycles. The van der Waals surface area contributed by atoms with Gasteiger partial charge in [-0.1, -0.05) is 12.1 Å². The van der Waals surface area contributed by atoms with Gasteiger partial charge in [0, 0.05) is 12.1 Å². The summed E-state index contributed by atoms with van der Waals surface area (Å²) in [7, 11) is 1.26. The summed E-state index contributed by atoms with van der Waals surface area (Å²) in [5.41, 5.74) is -0.589. The Kier molecular flexibility index (Phi) is 6.01. The van der Waals surface area contributed by atoms with Crippen LogP contribution in [0.15, 0.2) is 42.5 Å². The van der Waals surface area contributed by atoms with Gasteiger partial charge < -0.3 is 14.8 Å². The van der Waals surface area contributed by atoms with E-state index in [1.165, 1.54) is 31.4 Å². The predicted molar refractivity (Wildman–Crippen MR) is 82.2 cm³/mol. The van der Waals surface area contributed by atoms with E-state index in [0.29, 0.717) is 5.56 Å². The maximum absolute atomic E-state index is 12.7. The largest absolute Gasteiger partial charge is 0.493 e. The van der Waals surface area contributed by atoms with E-state index in [2.05, 4.69) is 10.1 Å². The number of carbonyl (C=O) groups excluding carboxylic acids is 1. The Bertz CT molecular complexity index is 777. The number of carbonyl (C=O) groups is 1. The second-order valence-corrected chi connectivity index (χ2v) is 5.12. The summed E-state index contributed by atoms with van der Waals surface area (Å²) in [4.78, 5) is 12.0. The third-order valence-electron chi connectivity index (χ3n) is 3.35. The number of rotatable bonds is 6. The molecule has 0 heterocycles. The number of hydrogen-bond donors (Lipinski definition) is 1. The van der Waals surface area contributed by atoms with Crippen molar-refractivity contribution in [3.8, 4) is 11.5 Å². The van der Waals surface area contributed by atoms with Gasteiger partial charge in [0.15, 0.2) is 11.5 Å². The summed E-state index contributed by atoms with van der Waals surface area (Å²) in [6.45, 7) is -3.06. The Morgan fingerprint density at radius 2 is 1.85 bits per heavy atom. The minimum absolute atomic E-state index is 0.0381. The minimum Gasteiger partial charge on any atom is -0.493 e. The van der Waals surface area contributed by atoms with Crippen molar-refractivity contribution in [2.75, 3.05) is 7.11 Å². The van der Waals surface area contributed by atoms with Crippen molar-refractivity contribution in [3.63, 3.8) is 0 Å². The third kappa shape index (κ3) is 5.08. The smallest absolute Gasteiger partial charge is 0.416 e. The number of alkyl halides is 5. The molecule has 26 heavy (non-hydrogen) atoms. The molecule has 0 saturated heterocycles. The maximum Gasteiger partial charge on any atom is 0.416 e. The standard InChI is InChI=1S/C17H14F5NO3/c1-25-14-7-10(5-6-13(14)26-16(18)19)9-23-15(24)11-3-2-4-12(8-11)17(20,21)22/h2-8,16H,9H2,1H3,(H,23,24). The number of ether oxygens (including phenoxy) is 2. The van der Waals surface area contributed by atoms with Gasteiger partial charge in [-0.3, -0.25) is 4.79 Å². The van der Waals surface area contributed by atoms with Crippen LogP contribution in [-0.2, 0) is 12.7 Å². The van der Waals surface area contributed by atoms with Crippen molar-refractivity contribution < 1.29 is 36.2 Å². The molecular formula is C17H14F5NO3. The van der Waals surface area contributed by atoms with E-state index in [-0.39, 0.29) is 23.6 Å². The highest BCUT2D eigenvalue weighted by Crippen LogP contribution is 2.30. The topological polar surface area (TPSA) is 47.6 Å². The summed E-state index contributed by atoms with van der Waals surface area (Å²) >= 11 is 0. The fourth-order valence-electron chi connectivity index (χ4n) is 2.14. The van der Waals surface area contributed by atoms with Gasteiger partial charge in [-0.2, -0.15) is 22.0 Å². The van der Waals surface area contributed by atoms with E-state index in [1.807, 2.05) is 0 Å². The van der Waals surface area contributed by atoms with E-state index in [9.17, 15) is 26.7 Å². The summed E-state index contributed by atoms with van der Waals surface area (Å²) < 4.78 is 71.8. The molecule has 0 unspecified atom stereocenters. The van der Waals surface area contributed by atoms with Gasteiger partial charge in [0.05, 0.1) is 12.7 Å². The molecule has 0 bridgehead atoms. The second-order valence-electron chi connectivity index (χ2n) is 5.12. The highest BCUT2D eigenvalue weighted by Gasteiger charge is 2.30. The zero-order valence-electron chi connectivity index (χ0n) is 13.4. The van der Waals surface area contributed by atoms with Crippen LogP contribution in [0.1, 0.15) is 21.5 Å². The monoisotopic (exact) mass is 375 g/mol. The van der Waals surface area contributed by atoms with Crippen molar-refractivity contribution in [2.45, 2.75) is 19.3 Å². The van der Waals surface area contributed by atoms with Gasteiger partial charge in [-0.25, -0.2) is 0 Å². The summed E-state index contributed by atoms with van der Waals surface area (Å²) in [6, 6.07) is 8.05. The molecule has 0 atom stereocenters. The normalized spacial score (nSPS) is 11.3. The van der Waals surface area contributed by atoms with Crippen LogP contribution in [0.4, 0.5) is 22.0 Å². The average molecular weight is 375 g/mol. The van der Waals surface area contributed by atoms with Crippen molar-refractivity contribution in [3.05, 3.63) is 59.2 Å². The first-order valence-corrected chi connectivity index (χ1v) is 7.28. The highest BCUT2D eigenvalue weighted by molar-refractivity contribution is 5.94. The maximum atomic E-state index is 12.7. The van der Waals surface area contributed by atoms with Crippen molar-refractivity contribution >= 4 is 5.91 Å². The molecule has 1 amide bonds. The molecule has 0 spiro atoms. The number of hydrogen-bond acceptors (Lipinski definition) is 3. The lowest BCUT2D eigenvalue weighted by Crippen LogP contribution is -2.23. The summed E-state index contributed by atoms with van der Waals surface area (Å²) in [5, 5.41) is 2.45. The van der Waals surface area contributed by atoms with Crippen LogP contribution >= 0.6 is 0 Å². The zero-order chi connectivity index (χ0) is 19.3. The van der Waals surface area contributed by atoms with Crippen LogP contribution in [0.3, 0.4) is 0 Å². The number of methoxy groups -OCH3 is 1. The van der Waals surface area contributed by atoms with Crippen LogP contribution in [-0.4, -0.2) is 19.6 Å². The number of nitrogens with one attached hydrogen (secondary N) is 1. The van der Waals surface area contributed by atoms with Crippen LogP contribution < -0.4 is 14.8 Å². The van der Waals surface area contributed by atoms with E-state index in [0.717, 1.165) is 18.2 Å². The van der Waals surface area contributed by atoms with Crippen LogP contribution in [0.25, 0.3) is 0 Å². The van der Waals surface area contributed by atoms with Gasteiger partial charge in [0.25, 0.3) is 5.91 Å². The molecule has 0 aromatic heterocycles. The zero-order valence-corrected chi connectivity index (χ0v) is 13.4. The number of amides is 1. The minimum atomic E-state index is -4.55. The Balaban J connectivity index is 2.08. The first-order valence-electron chi connectivity index (χ1n) is 7.28. The van der Waals surface area contributed by atoms with E-state index >= 15 is 0 Å². The molecule has 0 aliphatic rings. The van der Waals surface area contributed by atoms with Crippen molar-refractivity contribution in [1.82, 2.24) is 5.32 Å². The van der Waals surface area contributed by atoms with Crippen LogP contribution in [0.2, 0.25) is 0 Å². The average Bonchev–Trinajstić information content (AvgIpc) is 2.59. The molecule has 0 fully saturated rings. The highest BCUT2D eigenvalue weighted by atomic mass is 19.4. The predicted octanol–water partition coefficient (Wildman–Crippen LogP) is 4.25. The molecule has 4 nitrogen and oxygen atoms in total. The molecule has 0 aliphatic heterocycles. The van der Waals surface area contributed by atoms with Gasteiger partial charge in [0.1, 0.15) is 0 Å². The number of halogens is 5. The Labute approximate surface area is 145 Å². The van der Waals surface area contributed by atoms with E-state index in [4.69, 9.17) is 4.74 Å². The fraction of sp³-hybridized carbons (Fsp3) is 0.235. The van der Waals surface area contributed by atoms with Gasteiger partial charge in [-0.05, 0) is 35.9 Å². The summed E-state index contributed by atoms with van der Waals surface area (Å²) in [6.07, 6.45) is -4.55. The van der Waals surface area contributed by atoms with E-state index in [1.54, 1.807) is 0 Å². The molecule has 1 N–H and O–H groups in total. The van der Waals surface area contributed by atoms with Crippen molar-refractivity contribution in [1.29, 1.82) is 0 Å².